The fourth-order valence-corrected chi connectivity index (χ4v) is 4.79. The van der Waals surface area contributed by atoms with Crippen LogP contribution in [0.2, 0.25) is 0 Å². The highest BCUT2D eigenvalue weighted by atomic mass is 16.5. The summed E-state index contributed by atoms with van der Waals surface area (Å²) >= 11 is 0. The highest BCUT2D eigenvalue weighted by molar-refractivity contribution is 5.80. The Morgan fingerprint density at radius 3 is 2.81 bits per heavy atom. The maximum atomic E-state index is 12.8. The van der Waals surface area contributed by atoms with Gasteiger partial charge in [0.05, 0.1) is 19.7 Å². The zero-order valence-electron chi connectivity index (χ0n) is 16.3. The summed E-state index contributed by atoms with van der Waals surface area (Å²) in [6, 6.07) is 5.70. The lowest BCUT2D eigenvalue weighted by Gasteiger charge is -2.51. The van der Waals surface area contributed by atoms with Crippen molar-refractivity contribution in [3.63, 3.8) is 0 Å². The summed E-state index contributed by atoms with van der Waals surface area (Å²) in [4.78, 5) is 21.5. The van der Waals surface area contributed by atoms with Crippen molar-refractivity contribution in [2.24, 2.45) is 11.8 Å². The second kappa shape index (κ2) is 8.15. The maximum Gasteiger partial charge on any atom is 0.225 e. The summed E-state index contributed by atoms with van der Waals surface area (Å²) in [7, 11) is 0. The molecule has 0 aliphatic carbocycles. The van der Waals surface area contributed by atoms with Gasteiger partial charge in [0.15, 0.2) is 0 Å². The van der Waals surface area contributed by atoms with E-state index in [1.54, 1.807) is 6.20 Å². The number of likely N-dealkylation sites (tertiary alicyclic amines) is 2. The van der Waals surface area contributed by atoms with E-state index in [4.69, 9.17) is 9.47 Å². The molecule has 1 aromatic heterocycles. The molecule has 1 aromatic rings. The molecule has 0 saturated carbocycles. The quantitative estimate of drug-likeness (QED) is 0.765. The van der Waals surface area contributed by atoms with Crippen molar-refractivity contribution in [3.8, 4) is 5.88 Å². The SMILES string of the molecule is CCN1CCC(C(=O)N2CC3(C2)OCC[C@@H]3CCOc2ccccn2)CC1. The molecular formula is C21H31N3O3. The zero-order chi connectivity index (χ0) is 18.7. The molecule has 1 spiro atoms. The predicted octanol–water partition coefficient (Wildman–Crippen LogP) is 2.20. The molecule has 1 atom stereocenters. The van der Waals surface area contributed by atoms with Crippen LogP contribution < -0.4 is 4.74 Å². The fourth-order valence-electron chi connectivity index (χ4n) is 4.79. The van der Waals surface area contributed by atoms with Gasteiger partial charge in [-0.2, -0.15) is 0 Å². The third-order valence-electron chi connectivity index (χ3n) is 6.57. The van der Waals surface area contributed by atoms with Crippen LogP contribution in [-0.4, -0.2) is 72.2 Å². The number of pyridine rings is 1. The van der Waals surface area contributed by atoms with E-state index < -0.39 is 0 Å². The van der Waals surface area contributed by atoms with Crippen LogP contribution in [0.4, 0.5) is 0 Å². The molecule has 6 heteroatoms. The van der Waals surface area contributed by atoms with E-state index in [2.05, 4.69) is 16.8 Å². The van der Waals surface area contributed by atoms with Gasteiger partial charge in [-0.15, -0.1) is 0 Å². The van der Waals surface area contributed by atoms with Crippen LogP contribution >= 0.6 is 0 Å². The fraction of sp³-hybridized carbons (Fsp3) is 0.714. The van der Waals surface area contributed by atoms with Crippen molar-refractivity contribution in [3.05, 3.63) is 24.4 Å². The highest BCUT2D eigenvalue weighted by Gasteiger charge is 2.54. The van der Waals surface area contributed by atoms with Crippen LogP contribution in [0.25, 0.3) is 0 Å². The molecule has 3 aliphatic rings. The number of carbonyl (C=O) groups is 1. The molecular weight excluding hydrogens is 342 g/mol. The first-order valence-corrected chi connectivity index (χ1v) is 10.4. The topological polar surface area (TPSA) is 54.9 Å². The number of hydrogen-bond acceptors (Lipinski definition) is 5. The average Bonchev–Trinajstić information content (AvgIpc) is 3.11. The van der Waals surface area contributed by atoms with Gasteiger partial charge in [0, 0.05) is 24.8 Å². The third-order valence-corrected chi connectivity index (χ3v) is 6.57. The number of hydrogen-bond donors (Lipinski definition) is 0. The van der Waals surface area contributed by atoms with Gasteiger partial charge in [0.1, 0.15) is 5.60 Å². The second-order valence-electron chi connectivity index (χ2n) is 8.11. The minimum absolute atomic E-state index is 0.132. The zero-order valence-corrected chi connectivity index (χ0v) is 16.3. The van der Waals surface area contributed by atoms with Crippen LogP contribution in [0, 0.1) is 11.8 Å². The number of rotatable bonds is 6. The van der Waals surface area contributed by atoms with Gasteiger partial charge in [-0.3, -0.25) is 4.79 Å². The van der Waals surface area contributed by atoms with Gasteiger partial charge in [-0.05, 0) is 57.3 Å². The van der Waals surface area contributed by atoms with Crippen molar-refractivity contribution < 1.29 is 14.3 Å². The molecule has 0 aromatic carbocycles. The van der Waals surface area contributed by atoms with Crippen molar-refractivity contribution in [2.45, 2.75) is 38.2 Å². The first kappa shape index (κ1) is 18.7. The largest absolute Gasteiger partial charge is 0.478 e. The number of nitrogens with zero attached hydrogens (tertiary/aromatic N) is 3. The molecule has 148 valence electrons. The summed E-state index contributed by atoms with van der Waals surface area (Å²) in [6.07, 6.45) is 5.75. The van der Waals surface area contributed by atoms with Gasteiger partial charge < -0.3 is 19.3 Å². The summed E-state index contributed by atoms with van der Waals surface area (Å²) in [5.74, 6) is 1.69. The maximum absolute atomic E-state index is 12.8. The molecule has 0 N–H and O–H groups in total. The first-order chi connectivity index (χ1) is 13.2. The Morgan fingerprint density at radius 2 is 2.11 bits per heavy atom. The molecule has 0 bridgehead atoms. The molecule has 6 nitrogen and oxygen atoms in total. The Kier molecular flexibility index (Phi) is 5.64. The third kappa shape index (κ3) is 3.97. The molecule has 27 heavy (non-hydrogen) atoms. The van der Waals surface area contributed by atoms with E-state index in [0.29, 0.717) is 24.3 Å². The van der Waals surface area contributed by atoms with Crippen molar-refractivity contribution in [1.29, 1.82) is 0 Å². The van der Waals surface area contributed by atoms with Gasteiger partial charge in [0.2, 0.25) is 11.8 Å². The van der Waals surface area contributed by atoms with Crippen LogP contribution in [0.3, 0.4) is 0 Å². The van der Waals surface area contributed by atoms with Gasteiger partial charge in [-0.25, -0.2) is 4.98 Å². The van der Waals surface area contributed by atoms with Crippen LogP contribution in [-0.2, 0) is 9.53 Å². The molecule has 1 amide bonds. The Hall–Kier alpha value is -1.66. The van der Waals surface area contributed by atoms with Crippen molar-refractivity contribution >= 4 is 5.91 Å². The second-order valence-corrected chi connectivity index (χ2v) is 8.11. The lowest BCUT2D eigenvalue weighted by atomic mass is 9.78. The monoisotopic (exact) mass is 373 g/mol. The minimum atomic E-state index is -0.132. The Morgan fingerprint density at radius 1 is 1.30 bits per heavy atom. The van der Waals surface area contributed by atoms with Crippen molar-refractivity contribution in [1.82, 2.24) is 14.8 Å². The molecule has 4 heterocycles. The number of aromatic nitrogens is 1. The van der Waals surface area contributed by atoms with E-state index in [0.717, 1.165) is 65.0 Å². The minimum Gasteiger partial charge on any atom is -0.478 e. The number of piperidine rings is 1. The summed E-state index contributed by atoms with van der Waals surface area (Å²) < 4.78 is 11.9. The van der Waals surface area contributed by atoms with Crippen LogP contribution in [0.5, 0.6) is 5.88 Å². The smallest absolute Gasteiger partial charge is 0.225 e. The first-order valence-electron chi connectivity index (χ1n) is 10.4. The predicted molar refractivity (Wildman–Crippen MR) is 103 cm³/mol. The van der Waals surface area contributed by atoms with E-state index in [9.17, 15) is 4.79 Å². The van der Waals surface area contributed by atoms with Crippen molar-refractivity contribution in [2.75, 3.05) is 45.9 Å². The number of ether oxygens (including phenoxy) is 2. The highest BCUT2D eigenvalue weighted by Crippen LogP contribution is 2.42. The van der Waals surface area contributed by atoms with E-state index in [-0.39, 0.29) is 11.5 Å². The Labute approximate surface area is 161 Å². The Balaban J connectivity index is 1.24. The lowest BCUT2D eigenvalue weighted by Crippen LogP contribution is -2.67. The standard InChI is InChI=1S/C21H31N3O3/c1-2-23-11-6-17(7-12-23)20(25)24-15-21(16-24)18(9-14-27-21)8-13-26-19-5-3-4-10-22-19/h3-5,10,17-18H,2,6-9,11-16H2,1H3/t18-/m0/s1. The molecule has 3 saturated heterocycles. The van der Waals surface area contributed by atoms with Gasteiger partial charge in [-0.1, -0.05) is 13.0 Å². The lowest BCUT2D eigenvalue weighted by molar-refractivity contribution is -0.170. The van der Waals surface area contributed by atoms with E-state index in [1.807, 2.05) is 23.1 Å². The Bertz CT molecular complexity index is 625. The van der Waals surface area contributed by atoms with E-state index in [1.165, 1.54) is 0 Å². The summed E-state index contributed by atoms with van der Waals surface area (Å²) in [5, 5.41) is 0. The molecule has 3 fully saturated rings. The molecule has 0 unspecified atom stereocenters. The normalized spacial score (nSPS) is 25.5. The van der Waals surface area contributed by atoms with Gasteiger partial charge >= 0.3 is 0 Å². The molecule has 4 rings (SSSR count). The molecule has 0 radical (unpaired) electrons. The van der Waals surface area contributed by atoms with Gasteiger partial charge in [0.25, 0.3) is 0 Å². The summed E-state index contributed by atoms with van der Waals surface area (Å²) in [6.45, 7) is 8.34. The molecule has 3 aliphatic heterocycles. The van der Waals surface area contributed by atoms with Crippen LogP contribution in [0.15, 0.2) is 24.4 Å². The average molecular weight is 373 g/mol. The van der Waals surface area contributed by atoms with Crippen LogP contribution in [0.1, 0.15) is 32.6 Å². The van der Waals surface area contributed by atoms with E-state index >= 15 is 0 Å². The summed E-state index contributed by atoms with van der Waals surface area (Å²) in [5.41, 5.74) is -0.132. The number of amides is 1. The number of carbonyl (C=O) groups excluding carboxylic acids is 1.